The van der Waals surface area contributed by atoms with Gasteiger partial charge in [-0.3, -0.25) is 9.59 Å². The maximum absolute atomic E-state index is 13.0. The molecule has 1 fully saturated rings. The molecule has 0 aromatic heterocycles. The minimum absolute atomic E-state index is 0.0366. The van der Waals surface area contributed by atoms with Crippen LogP contribution < -0.4 is 10.6 Å². The largest absolute Gasteiger partial charge is 0.505 e. The molecule has 0 heterocycles. The zero-order chi connectivity index (χ0) is 25.7. The number of hydrogen-bond acceptors (Lipinski definition) is 3. The molecule has 2 atom stereocenters. The van der Waals surface area contributed by atoms with E-state index in [1.807, 2.05) is 0 Å². The van der Waals surface area contributed by atoms with Crippen LogP contribution >= 0.6 is 81.2 Å². The van der Waals surface area contributed by atoms with Crippen LogP contribution in [0.2, 0.25) is 25.1 Å². The Kier molecular flexibility index (Phi) is 7.61. The van der Waals surface area contributed by atoms with Crippen molar-refractivity contribution in [3.05, 3.63) is 84.8 Å². The first kappa shape index (κ1) is 26.5. The molecule has 0 bridgehead atoms. The Morgan fingerprint density at radius 3 is 1.97 bits per heavy atom. The summed E-state index contributed by atoms with van der Waals surface area (Å²) in [6.45, 7) is 0. The molecule has 3 aromatic rings. The highest BCUT2D eigenvalue weighted by Gasteiger charge is 2.67. The van der Waals surface area contributed by atoms with Crippen LogP contribution in [-0.4, -0.2) is 21.3 Å². The molecule has 35 heavy (non-hydrogen) atoms. The highest BCUT2D eigenvalue weighted by Crippen LogP contribution is 2.65. The Morgan fingerprint density at radius 1 is 0.771 bits per heavy atom. The number of aromatic hydroxyl groups is 1. The molecular formula is C23H13Cl7N2O3. The van der Waals surface area contributed by atoms with Gasteiger partial charge in [-0.15, -0.1) is 23.2 Å². The second kappa shape index (κ2) is 10.1. The van der Waals surface area contributed by atoms with Crippen LogP contribution in [0, 0.1) is 5.92 Å². The van der Waals surface area contributed by atoms with Crippen LogP contribution in [0.5, 0.6) is 5.75 Å². The van der Waals surface area contributed by atoms with E-state index in [-0.39, 0.29) is 32.1 Å². The minimum atomic E-state index is -1.36. The predicted molar refractivity (Wildman–Crippen MR) is 143 cm³/mol. The molecular weight excluding hydrogens is 600 g/mol. The van der Waals surface area contributed by atoms with Gasteiger partial charge in [-0.1, -0.05) is 58.0 Å². The SMILES string of the molecule is O=C(Nc1cc(Cl)c(O)c(Cl)c1)c1cc(NC(=O)C2C(c3cc(Cl)cc(Cl)c3)C2(Cl)Cl)ccc1Cl. The van der Waals surface area contributed by atoms with Crippen molar-refractivity contribution in [3.63, 3.8) is 0 Å². The minimum Gasteiger partial charge on any atom is -0.505 e. The van der Waals surface area contributed by atoms with Crippen LogP contribution in [-0.2, 0) is 4.79 Å². The first-order valence-electron chi connectivity index (χ1n) is 9.82. The Bertz CT molecular complexity index is 1320. The van der Waals surface area contributed by atoms with Crippen molar-refractivity contribution in [3.8, 4) is 5.75 Å². The molecule has 12 heteroatoms. The molecule has 3 N–H and O–H groups in total. The summed E-state index contributed by atoms with van der Waals surface area (Å²) in [5.41, 5.74) is 1.24. The zero-order valence-electron chi connectivity index (χ0n) is 17.2. The number of hydrogen-bond donors (Lipinski definition) is 3. The number of benzene rings is 3. The van der Waals surface area contributed by atoms with E-state index in [0.717, 1.165) is 0 Å². The standard InChI is InChI=1S/C23H13Cl7N2O3/c24-10-3-9(4-11(25)5-10)18-19(23(18,29)30)22(35)31-12-1-2-15(26)14(6-12)21(34)32-13-7-16(27)20(33)17(28)8-13/h1-8,18-19,33H,(H,31,35)(H,32,34). The summed E-state index contributed by atoms with van der Waals surface area (Å²) in [6.07, 6.45) is 0. The second-order valence-electron chi connectivity index (χ2n) is 7.76. The summed E-state index contributed by atoms with van der Waals surface area (Å²) in [5.74, 6) is -2.66. The van der Waals surface area contributed by atoms with Crippen molar-refractivity contribution >= 4 is 104 Å². The van der Waals surface area contributed by atoms with Gasteiger partial charge in [0.15, 0.2) is 5.75 Å². The number of phenols is 1. The van der Waals surface area contributed by atoms with E-state index in [4.69, 9.17) is 81.2 Å². The van der Waals surface area contributed by atoms with Gasteiger partial charge in [0.2, 0.25) is 5.91 Å². The molecule has 5 nitrogen and oxygen atoms in total. The summed E-state index contributed by atoms with van der Waals surface area (Å²) in [4.78, 5) is 25.8. The fourth-order valence-corrected chi connectivity index (χ4v) is 5.72. The number of amides is 2. The van der Waals surface area contributed by atoms with E-state index in [0.29, 0.717) is 21.3 Å². The quantitative estimate of drug-likeness (QED) is 0.200. The number of alkyl halides is 2. The Balaban J connectivity index is 1.52. The lowest BCUT2D eigenvalue weighted by Gasteiger charge is -2.11. The number of carbonyl (C=O) groups is 2. The summed E-state index contributed by atoms with van der Waals surface area (Å²) < 4.78 is -1.36. The number of nitrogens with one attached hydrogen (secondary N) is 2. The van der Waals surface area contributed by atoms with E-state index < -0.39 is 28.0 Å². The highest BCUT2D eigenvalue weighted by molar-refractivity contribution is 6.53. The van der Waals surface area contributed by atoms with E-state index in [1.165, 1.54) is 30.3 Å². The van der Waals surface area contributed by atoms with Crippen LogP contribution in [0.15, 0.2) is 48.5 Å². The normalized spacial score (nSPS) is 18.1. The Morgan fingerprint density at radius 2 is 1.37 bits per heavy atom. The summed E-state index contributed by atoms with van der Waals surface area (Å²) in [5, 5.41) is 15.8. The molecule has 0 aliphatic heterocycles. The van der Waals surface area contributed by atoms with Gasteiger partial charge in [0.25, 0.3) is 5.91 Å². The predicted octanol–water partition coefficient (Wildman–Crippen LogP) is 8.44. The van der Waals surface area contributed by atoms with Gasteiger partial charge >= 0.3 is 0 Å². The second-order valence-corrected chi connectivity index (χ2v) is 11.3. The van der Waals surface area contributed by atoms with Gasteiger partial charge in [-0.25, -0.2) is 0 Å². The van der Waals surface area contributed by atoms with Crippen molar-refractivity contribution in [2.45, 2.75) is 10.3 Å². The van der Waals surface area contributed by atoms with Gasteiger partial charge in [0.1, 0.15) is 4.33 Å². The fourth-order valence-electron chi connectivity index (χ4n) is 3.66. The third kappa shape index (κ3) is 5.57. The first-order chi connectivity index (χ1) is 16.4. The lowest BCUT2D eigenvalue weighted by atomic mass is 10.1. The van der Waals surface area contributed by atoms with Crippen LogP contribution in [0.1, 0.15) is 21.8 Å². The fraction of sp³-hybridized carbons (Fsp3) is 0.130. The molecule has 1 saturated carbocycles. The van der Waals surface area contributed by atoms with Crippen LogP contribution in [0.4, 0.5) is 11.4 Å². The van der Waals surface area contributed by atoms with E-state index in [1.54, 1.807) is 18.2 Å². The molecule has 4 rings (SSSR count). The van der Waals surface area contributed by atoms with E-state index >= 15 is 0 Å². The summed E-state index contributed by atoms with van der Waals surface area (Å²) in [6, 6.07) is 11.9. The van der Waals surface area contributed by atoms with Gasteiger partial charge in [-0.2, -0.15) is 0 Å². The number of rotatable bonds is 5. The average molecular weight is 614 g/mol. The highest BCUT2D eigenvalue weighted by atomic mass is 35.5. The molecule has 0 saturated heterocycles. The van der Waals surface area contributed by atoms with E-state index in [9.17, 15) is 14.7 Å². The molecule has 0 radical (unpaired) electrons. The lowest BCUT2D eigenvalue weighted by Crippen LogP contribution is -2.18. The van der Waals surface area contributed by atoms with Crippen LogP contribution in [0.25, 0.3) is 0 Å². The monoisotopic (exact) mass is 610 g/mol. The molecule has 0 spiro atoms. The van der Waals surface area contributed by atoms with Gasteiger partial charge in [0.05, 0.1) is 26.5 Å². The molecule has 3 aromatic carbocycles. The van der Waals surface area contributed by atoms with Gasteiger partial charge in [-0.05, 0) is 54.1 Å². The van der Waals surface area contributed by atoms with E-state index in [2.05, 4.69) is 10.6 Å². The first-order valence-corrected chi connectivity index (χ1v) is 12.5. The number of anilines is 2. The molecule has 182 valence electrons. The number of halogens is 7. The summed E-state index contributed by atoms with van der Waals surface area (Å²) >= 11 is 42.9. The van der Waals surface area contributed by atoms with Gasteiger partial charge < -0.3 is 15.7 Å². The maximum Gasteiger partial charge on any atom is 0.257 e. The molecule has 2 amide bonds. The Labute approximate surface area is 235 Å². The Hall–Kier alpha value is -1.57. The average Bonchev–Trinajstić information content (AvgIpc) is 3.34. The zero-order valence-corrected chi connectivity index (χ0v) is 22.5. The van der Waals surface area contributed by atoms with Gasteiger partial charge in [0, 0.05) is 27.3 Å². The number of carbonyl (C=O) groups excluding carboxylic acids is 2. The van der Waals surface area contributed by atoms with Crippen LogP contribution in [0.3, 0.4) is 0 Å². The third-order valence-corrected chi connectivity index (χ3v) is 7.62. The van der Waals surface area contributed by atoms with Crippen molar-refractivity contribution < 1.29 is 14.7 Å². The number of phenolic OH excluding ortho intramolecular Hbond substituents is 1. The molecule has 2 unspecified atom stereocenters. The molecule has 1 aliphatic carbocycles. The maximum atomic E-state index is 13.0. The van der Waals surface area contributed by atoms with Crippen molar-refractivity contribution in [2.24, 2.45) is 5.92 Å². The van der Waals surface area contributed by atoms with Crippen molar-refractivity contribution in [2.75, 3.05) is 10.6 Å². The lowest BCUT2D eigenvalue weighted by molar-refractivity contribution is -0.117. The van der Waals surface area contributed by atoms with Crippen molar-refractivity contribution in [1.29, 1.82) is 0 Å². The molecule has 1 aliphatic rings. The third-order valence-electron chi connectivity index (χ3n) is 5.33. The summed E-state index contributed by atoms with van der Waals surface area (Å²) in [7, 11) is 0. The van der Waals surface area contributed by atoms with Crippen molar-refractivity contribution in [1.82, 2.24) is 0 Å². The topological polar surface area (TPSA) is 78.4 Å². The smallest absolute Gasteiger partial charge is 0.257 e.